The fraction of sp³-hybridized carbons (Fsp3) is 0.526. The Bertz CT molecular complexity index is 682. The van der Waals surface area contributed by atoms with Gasteiger partial charge in [-0.1, -0.05) is 44.2 Å². The second-order valence-electron chi connectivity index (χ2n) is 6.94. The van der Waals surface area contributed by atoms with Crippen LogP contribution in [0.1, 0.15) is 44.0 Å². The molecule has 3 rings (SSSR count). The first-order valence-corrected chi connectivity index (χ1v) is 9.08. The summed E-state index contributed by atoms with van der Waals surface area (Å²) in [6.45, 7) is 7.32. The molecule has 2 heterocycles. The molecule has 1 saturated heterocycles. The fourth-order valence-electron chi connectivity index (χ4n) is 3.43. The largest absolute Gasteiger partial charge is 0.353 e. The van der Waals surface area contributed by atoms with Crippen molar-refractivity contribution in [1.29, 1.82) is 0 Å². The molecule has 2 aromatic rings. The Balaban J connectivity index is 1.51. The first-order valence-electron chi connectivity index (χ1n) is 9.08. The van der Waals surface area contributed by atoms with Gasteiger partial charge >= 0.3 is 0 Å². The summed E-state index contributed by atoms with van der Waals surface area (Å²) >= 11 is 0. The van der Waals surface area contributed by atoms with Gasteiger partial charge in [-0.25, -0.2) is 0 Å². The van der Waals surface area contributed by atoms with Gasteiger partial charge in [0.2, 0.25) is 5.91 Å². The zero-order chi connectivity index (χ0) is 17.6. The standard InChI is InChI=1S/C19H27N5O/c1-15(2)18-22-21-14-24(18)12-10-20-19(25)17-9-6-11-23(17)13-16-7-4-3-5-8-16/h3-5,7-8,14-15,17H,6,9-13H2,1-2H3,(H,20,25). The molecule has 1 aliphatic heterocycles. The van der Waals surface area contributed by atoms with Crippen molar-refractivity contribution >= 4 is 5.91 Å². The van der Waals surface area contributed by atoms with E-state index < -0.39 is 0 Å². The summed E-state index contributed by atoms with van der Waals surface area (Å²) in [6.07, 6.45) is 3.75. The molecule has 1 unspecified atom stereocenters. The predicted molar refractivity (Wildman–Crippen MR) is 97.0 cm³/mol. The summed E-state index contributed by atoms with van der Waals surface area (Å²) < 4.78 is 2.02. The average Bonchev–Trinajstić information content (AvgIpc) is 3.25. The SMILES string of the molecule is CC(C)c1nncn1CCNC(=O)C1CCCN1Cc1ccccc1. The van der Waals surface area contributed by atoms with Gasteiger partial charge in [0.05, 0.1) is 6.04 Å². The Morgan fingerprint density at radius 1 is 1.32 bits per heavy atom. The van der Waals surface area contributed by atoms with Crippen molar-refractivity contribution in [1.82, 2.24) is 25.0 Å². The molecule has 134 valence electrons. The minimum absolute atomic E-state index is 0.0225. The molecule has 1 aromatic carbocycles. The van der Waals surface area contributed by atoms with Gasteiger partial charge < -0.3 is 9.88 Å². The van der Waals surface area contributed by atoms with E-state index >= 15 is 0 Å². The van der Waals surface area contributed by atoms with Gasteiger partial charge in [0.1, 0.15) is 12.2 Å². The molecular weight excluding hydrogens is 314 g/mol. The lowest BCUT2D eigenvalue weighted by atomic mass is 10.1. The molecule has 1 amide bonds. The summed E-state index contributed by atoms with van der Waals surface area (Å²) in [7, 11) is 0. The molecule has 0 radical (unpaired) electrons. The van der Waals surface area contributed by atoms with Gasteiger partial charge in [0, 0.05) is 25.6 Å². The maximum absolute atomic E-state index is 12.6. The number of nitrogens with one attached hydrogen (secondary N) is 1. The summed E-state index contributed by atoms with van der Waals surface area (Å²) in [4.78, 5) is 14.9. The van der Waals surface area contributed by atoms with Gasteiger partial charge in [-0.2, -0.15) is 0 Å². The van der Waals surface area contributed by atoms with Crippen molar-refractivity contribution in [2.45, 2.75) is 51.7 Å². The van der Waals surface area contributed by atoms with Crippen molar-refractivity contribution < 1.29 is 4.79 Å². The summed E-state index contributed by atoms with van der Waals surface area (Å²) in [5.41, 5.74) is 1.26. The fourth-order valence-corrected chi connectivity index (χ4v) is 3.43. The topological polar surface area (TPSA) is 63.1 Å². The van der Waals surface area contributed by atoms with Crippen molar-refractivity contribution in [3.05, 3.63) is 48.0 Å². The molecule has 6 nitrogen and oxygen atoms in total. The molecule has 1 atom stereocenters. The molecule has 0 bridgehead atoms. The highest BCUT2D eigenvalue weighted by Gasteiger charge is 2.30. The van der Waals surface area contributed by atoms with Gasteiger partial charge in [0.15, 0.2) is 0 Å². The van der Waals surface area contributed by atoms with Crippen LogP contribution in [-0.4, -0.2) is 44.7 Å². The van der Waals surface area contributed by atoms with Crippen LogP contribution in [-0.2, 0) is 17.9 Å². The lowest BCUT2D eigenvalue weighted by Gasteiger charge is -2.23. The van der Waals surface area contributed by atoms with E-state index in [2.05, 4.69) is 46.4 Å². The normalized spacial score (nSPS) is 18.0. The molecule has 1 aromatic heterocycles. The highest BCUT2D eigenvalue weighted by atomic mass is 16.2. The van der Waals surface area contributed by atoms with E-state index in [-0.39, 0.29) is 11.9 Å². The van der Waals surface area contributed by atoms with Crippen LogP contribution in [0.3, 0.4) is 0 Å². The Morgan fingerprint density at radius 3 is 2.88 bits per heavy atom. The van der Waals surface area contributed by atoms with Crippen molar-refractivity contribution in [3.8, 4) is 0 Å². The van der Waals surface area contributed by atoms with E-state index in [4.69, 9.17) is 0 Å². The van der Waals surface area contributed by atoms with Crippen molar-refractivity contribution in [2.75, 3.05) is 13.1 Å². The number of rotatable bonds is 7. The molecule has 1 aliphatic rings. The van der Waals surface area contributed by atoms with E-state index in [9.17, 15) is 4.79 Å². The van der Waals surface area contributed by atoms with Crippen LogP contribution in [0, 0.1) is 0 Å². The zero-order valence-electron chi connectivity index (χ0n) is 15.1. The summed E-state index contributed by atoms with van der Waals surface area (Å²) in [6, 6.07) is 10.3. The van der Waals surface area contributed by atoms with Crippen LogP contribution >= 0.6 is 0 Å². The Morgan fingerprint density at radius 2 is 2.12 bits per heavy atom. The third-order valence-electron chi connectivity index (χ3n) is 4.71. The van der Waals surface area contributed by atoms with E-state index in [1.165, 1.54) is 5.56 Å². The number of carbonyl (C=O) groups is 1. The molecule has 0 spiro atoms. The van der Waals surface area contributed by atoms with Crippen molar-refractivity contribution in [3.63, 3.8) is 0 Å². The number of aromatic nitrogens is 3. The van der Waals surface area contributed by atoms with Gasteiger partial charge in [-0.15, -0.1) is 10.2 Å². The van der Waals surface area contributed by atoms with Crippen molar-refractivity contribution in [2.24, 2.45) is 0 Å². The highest BCUT2D eigenvalue weighted by molar-refractivity contribution is 5.82. The van der Waals surface area contributed by atoms with E-state index in [0.29, 0.717) is 19.0 Å². The molecule has 25 heavy (non-hydrogen) atoms. The highest BCUT2D eigenvalue weighted by Crippen LogP contribution is 2.20. The zero-order valence-corrected chi connectivity index (χ0v) is 15.1. The molecule has 6 heteroatoms. The third-order valence-corrected chi connectivity index (χ3v) is 4.71. The smallest absolute Gasteiger partial charge is 0.237 e. The summed E-state index contributed by atoms with van der Waals surface area (Å²) in [5.74, 6) is 1.42. The monoisotopic (exact) mass is 341 g/mol. The maximum Gasteiger partial charge on any atom is 0.237 e. The third kappa shape index (κ3) is 4.45. The van der Waals surface area contributed by atoms with Crippen LogP contribution in [0.25, 0.3) is 0 Å². The summed E-state index contributed by atoms with van der Waals surface area (Å²) in [5, 5.41) is 11.2. The van der Waals surface area contributed by atoms with Crippen LogP contribution in [0.2, 0.25) is 0 Å². The van der Waals surface area contributed by atoms with Gasteiger partial charge in [-0.05, 0) is 24.9 Å². The lowest BCUT2D eigenvalue weighted by molar-refractivity contribution is -0.125. The molecule has 1 fully saturated rings. The van der Waals surface area contributed by atoms with E-state index in [1.807, 2.05) is 22.8 Å². The maximum atomic E-state index is 12.6. The first-order chi connectivity index (χ1) is 12.1. The number of amides is 1. The Labute approximate surface area is 149 Å². The van der Waals surface area contributed by atoms with Crippen LogP contribution in [0.5, 0.6) is 0 Å². The van der Waals surface area contributed by atoms with E-state index in [1.54, 1.807) is 6.33 Å². The Hall–Kier alpha value is -2.21. The number of hydrogen-bond acceptors (Lipinski definition) is 4. The number of benzene rings is 1. The molecule has 0 saturated carbocycles. The first kappa shape index (κ1) is 17.6. The van der Waals surface area contributed by atoms with E-state index in [0.717, 1.165) is 31.8 Å². The second-order valence-corrected chi connectivity index (χ2v) is 6.94. The van der Waals surface area contributed by atoms with Crippen LogP contribution < -0.4 is 5.32 Å². The van der Waals surface area contributed by atoms with Crippen LogP contribution in [0.15, 0.2) is 36.7 Å². The molecule has 0 aliphatic carbocycles. The second kappa shape index (κ2) is 8.25. The molecule has 1 N–H and O–H groups in total. The molecular formula is C19H27N5O. The average molecular weight is 341 g/mol. The van der Waals surface area contributed by atoms with Gasteiger partial charge in [0.25, 0.3) is 0 Å². The van der Waals surface area contributed by atoms with Gasteiger partial charge in [-0.3, -0.25) is 9.69 Å². The quantitative estimate of drug-likeness (QED) is 0.838. The minimum Gasteiger partial charge on any atom is -0.353 e. The number of nitrogens with zero attached hydrogens (tertiary/aromatic N) is 4. The predicted octanol–water partition coefficient (Wildman–Crippen LogP) is 2.18. The van der Waals surface area contributed by atoms with Crippen LogP contribution in [0.4, 0.5) is 0 Å². The lowest BCUT2D eigenvalue weighted by Crippen LogP contribution is -2.43. The number of carbonyl (C=O) groups excluding carboxylic acids is 1. The Kier molecular flexibility index (Phi) is 5.81. The minimum atomic E-state index is -0.0225. The number of likely N-dealkylation sites (tertiary alicyclic amines) is 1. The number of hydrogen-bond donors (Lipinski definition) is 1.